The van der Waals surface area contributed by atoms with Gasteiger partial charge in [0.25, 0.3) is 5.91 Å². The summed E-state index contributed by atoms with van der Waals surface area (Å²) < 4.78 is 11.4. The van der Waals surface area contributed by atoms with Crippen LogP contribution in [0.5, 0.6) is 11.5 Å². The van der Waals surface area contributed by atoms with Crippen LogP contribution in [0, 0.1) is 0 Å². The van der Waals surface area contributed by atoms with Crippen molar-refractivity contribution in [3.05, 3.63) is 44.1 Å². The summed E-state index contributed by atoms with van der Waals surface area (Å²) in [6.07, 6.45) is 0. The molecule has 1 amide bonds. The number of fused-ring (bicyclic) bond motifs is 1. The Morgan fingerprint density at radius 3 is 2.80 bits per heavy atom. The molecule has 1 aliphatic rings. The molecule has 1 aliphatic heterocycles. The third-order valence-corrected chi connectivity index (χ3v) is 4.28. The van der Waals surface area contributed by atoms with Gasteiger partial charge in [-0.15, -0.1) is 11.3 Å². The molecular formula is C13H9Cl2NO3S. The summed E-state index contributed by atoms with van der Waals surface area (Å²) >= 11 is 12.9. The van der Waals surface area contributed by atoms with Crippen molar-refractivity contribution >= 4 is 40.4 Å². The van der Waals surface area contributed by atoms with Gasteiger partial charge in [-0.2, -0.15) is 0 Å². The third kappa shape index (κ3) is 2.70. The molecule has 3 rings (SSSR count). The van der Waals surface area contributed by atoms with Gasteiger partial charge in [-0.05, 0) is 23.8 Å². The van der Waals surface area contributed by atoms with Crippen molar-refractivity contribution in [2.45, 2.75) is 6.54 Å². The molecule has 1 N–H and O–H groups in total. The quantitative estimate of drug-likeness (QED) is 0.933. The van der Waals surface area contributed by atoms with Gasteiger partial charge in [-0.1, -0.05) is 29.3 Å². The number of amides is 1. The molecule has 2 heterocycles. The monoisotopic (exact) mass is 329 g/mol. The highest BCUT2D eigenvalue weighted by Gasteiger charge is 2.16. The maximum Gasteiger partial charge on any atom is 0.253 e. The van der Waals surface area contributed by atoms with Gasteiger partial charge in [0, 0.05) is 6.54 Å². The molecule has 0 unspecified atom stereocenters. The lowest BCUT2D eigenvalue weighted by Gasteiger charge is -2.05. The Morgan fingerprint density at radius 2 is 2.05 bits per heavy atom. The van der Waals surface area contributed by atoms with Gasteiger partial charge in [0.05, 0.1) is 9.90 Å². The van der Waals surface area contributed by atoms with Gasteiger partial charge in [0.1, 0.15) is 4.34 Å². The van der Waals surface area contributed by atoms with E-state index >= 15 is 0 Å². The van der Waals surface area contributed by atoms with E-state index in [-0.39, 0.29) is 12.7 Å². The van der Waals surface area contributed by atoms with Crippen LogP contribution in [0.3, 0.4) is 0 Å². The van der Waals surface area contributed by atoms with Gasteiger partial charge in [0.15, 0.2) is 11.5 Å². The molecule has 0 aliphatic carbocycles. The number of thiophene rings is 1. The van der Waals surface area contributed by atoms with Gasteiger partial charge in [-0.25, -0.2) is 0 Å². The fraction of sp³-hybridized carbons (Fsp3) is 0.154. The van der Waals surface area contributed by atoms with Crippen LogP contribution in [0.2, 0.25) is 8.67 Å². The Morgan fingerprint density at radius 1 is 1.25 bits per heavy atom. The number of carbonyl (C=O) groups is 1. The number of halogens is 2. The molecule has 0 saturated carbocycles. The molecule has 0 radical (unpaired) electrons. The van der Waals surface area contributed by atoms with Crippen LogP contribution in [0.15, 0.2) is 24.3 Å². The minimum Gasteiger partial charge on any atom is -0.454 e. The van der Waals surface area contributed by atoms with E-state index < -0.39 is 0 Å². The molecule has 2 aromatic rings. The normalized spacial score (nSPS) is 12.5. The first-order valence-corrected chi connectivity index (χ1v) is 7.32. The fourth-order valence-electron chi connectivity index (χ4n) is 1.82. The van der Waals surface area contributed by atoms with Crippen LogP contribution in [-0.2, 0) is 6.54 Å². The zero-order valence-corrected chi connectivity index (χ0v) is 12.4. The minimum absolute atomic E-state index is 0.230. The van der Waals surface area contributed by atoms with Crippen LogP contribution >= 0.6 is 34.5 Å². The Labute approximate surface area is 129 Å². The zero-order chi connectivity index (χ0) is 14.1. The molecule has 20 heavy (non-hydrogen) atoms. The second kappa shape index (κ2) is 5.52. The van der Waals surface area contributed by atoms with Crippen LogP contribution in [-0.4, -0.2) is 12.7 Å². The summed E-state index contributed by atoms with van der Waals surface area (Å²) in [6, 6.07) is 7.09. The first-order valence-electron chi connectivity index (χ1n) is 5.75. The Hall–Kier alpha value is -1.43. The molecule has 0 fully saturated rings. The van der Waals surface area contributed by atoms with Crippen molar-refractivity contribution in [2.75, 3.05) is 6.79 Å². The molecule has 0 bridgehead atoms. The molecular weight excluding hydrogens is 321 g/mol. The molecule has 1 aromatic carbocycles. The summed E-state index contributed by atoms with van der Waals surface area (Å²) in [6.45, 7) is 0.605. The second-order valence-corrected chi connectivity index (χ2v) is 6.39. The highest BCUT2D eigenvalue weighted by atomic mass is 35.5. The average Bonchev–Trinajstić information content (AvgIpc) is 3.01. The number of nitrogens with one attached hydrogen (secondary N) is 1. The maximum absolute atomic E-state index is 12.0. The van der Waals surface area contributed by atoms with E-state index in [0.29, 0.717) is 32.3 Å². The van der Waals surface area contributed by atoms with Crippen molar-refractivity contribution in [1.82, 2.24) is 5.32 Å². The van der Waals surface area contributed by atoms with Crippen molar-refractivity contribution in [2.24, 2.45) is 0 Å². The van der Waals surface area contributed by atoms with E-state index in [4.69, 9.17) is 32.7 Å². The Kier molecular flexibility index (Phi) is 3.74. The van der Waals surface area contributed by atoms with E-state index in [1.807, 2.05) is 18.2 Å². The molecule has 7 heteroatoms. The highest BCUT2D eigenvalue weighted by molar-refractivity contribution is 7.20. The molecule has 4 nitrogen and oxygen atoms in total. The first-order chi connectivity index (χ1) is 9.63. The number of benzene rings is 1. The fourth-order valence-corrected chi connectivity index (χ4v) is 3.28. The van der Waals surface area contributed by atoms with Gasteiger partial charge in [0.2, 0.25) is 6.79 Å². The minimum atomic E-state index is -0.254. The third-order valence-electron chi connectivity index (χ3n) is 2.79. The van der Waals surface area contributed by atoms with E-state index in [2.05, 4.69) is 5.32 Å². The predicted octanol–water partition coefficient (Wildman–Crippen LogP) is 3.71. The average molecular weight is 330 g/mol. The molecule has 0 spiro atoms. The first kappa shape index (κ1) is 13.5. The number of hydrogen-bond donors (Lipinski definition) is 1. The molecule has 0 saturated heterocycles. The Balaban J connectivity index is 1.67. The maximum atomic E-state index is 12.0. The van der Waals surface area contributed by atoms with Crippen molar-refractivity contribution < 1.29 is 14.3 Å². The summed E-state index contributed by atoms with van der Waals surface area (Å²) in [5, 5.41) is 2.79. The topological polar surface area (TPSA) is 47.6 Å². The summed E-state index contributed by atoms with van der Waals surface area (Å²) in [5.74, 6) is 1.15. The van der Waals surface area contributed by atoms with Crippen molar-refractivity contribution in [3.63, 3.8) is 0 Å². The lowest BCUT2D eigenvalue weighted by atomic mass is 10.2. The van der Waals surface area contributed by atoms with Crippen LogP contribution in [0.1, 0.15) is 15.9 Å². The van der Waals surface area contributed by atoms with E-state index in [1.165, 1.54) is 11.3 Å². The van der Waals surface area contributed by atoms with Crippen LogP contribution < -0.4 is 14.8 Å². The number of rotatable bonds is 3. The summed E-state index contributed by atoms with van der Waals surface area (Å²) in [7, 11) is 0. The van der Waals surface area contributed by atoms with Crippen LogP contribution in [0.25, 0.3) is 0 Å². The van der Waals surface area contributed by atoms with Crippen molar-refractivity contribution in [1.29, 1.82) is 0 Å². The lowest BCUT2D eigenvalue weighted by molar-refractivity contribution is 0.0951. The lowest BCUT2D eigenvalue weighted by Crippen LogP contribution is -2.22. The molecule has 104 valence electrons. The van der Waals surface area contributed by atoms with E-state index in [1.54, 1.807) is 6.07 Å². The highest BCUT2D eigenvalue weighted by Crippen LogP contribution is 2.33. The number of hydrogen-bond acceptors (Lipinski definition) is 4. The second-order valence-electron chi connectivity index (χ2n) is 4.11. The van der Waals surface area contributed by atoms with Crippen LogP contribution in [0.4, 0.5) is 0 Å². The van der Waals surface area contributed by atoms with Gasteiger partial charge < -0.3 is 14.8 Å². The van der Waals surface area contributed by atoms with Gasteiger partial charge >= 0.3 is 0 Å². The summed E-state index contributed by atoms with van der Waals surface area (Å²) in [5.41, 5.74) is 1.31. The standard InChI is InChI=1S/C13H9Cl2NO3S/c14-11-4-8(12(15)20-11)13(17)16-5-7-1-2-9-10(3-7)19-6-18-9/h1-4H,5-6H2,(H,16,17). The predicted molar refractivity (Wildman–Crippen MR) is 78.1 cm³/mol. The van der Waals surface area contributed by atoms with E-state index in [9.17, 15) is 4.79 Å². The molecule has 0 atom stereocenters. The smallest absolute Gasteiger partial charge is 0.253 e. The SMILES string of the molecule is O=C(NCc1ccc2c(c1)OCO2)c1cc(Cl)sc1Cl. The number of carbonyl (C=O) groups excluding carboxylic acids is 1. The zero-order valence-electron chi connectivity index (χ0n) is 10.1. The molecule has 1 aromatic heterocycles. The van der Waals surface area contributed by atoms with Crippen molar-refractivity contribution in [3.8, 4) is 11.5 Å². The van der Waals surface area contributed by atoms with E-state index in [0.717, 1.165) is 5.56 Å². The summed E-state index contributed by atoms with van der Waals surface area (Å²) in [4.78, 5) is 12.0. The van der Waals surface area contributed by atoms with Gasteiger partial charge in [-0.3, -0.25) is 4.79 Å². The largest absolute Gasteiger partial charge is 0.454 e. The number of ether oxygens (including phenoxy) is 2. The Bertz CT molecular complexity index is 672.